The van der Waals surface area contributed by atoms with Crippen molar-refractivity contribution >= 4 is 26.6 Å². The number of aromatic nitrogens is 1. The molecule has 0 atom stereocenters. The van der Waals surface area contributed by atoms with E-state index in [1.807, 2.05) is 93.6 Å². The molecule has 1 heterocycles. The van der Waals surface area contributed by atoms with E-state index in [1.54, 1.807) is 15.7 Å². The van der Waals surface area contributed by atoms with Gasteiger partial charge in [-0.25, -0.2) is 8.42 Å². The van der Waals surface area contributed by atoms with Gasteiger partial charge in [-0.05, 0) is 43.5 Å². The van der Waals surface area contributed by atoms with Gasteiger partial charge < -0.3 is 9.47 Å². The van der Waals surface area contributed by atoms with Crippen molar-refractivity contribution in [3.63, 3.8) is 0 Å². The molecule has 0 aliphatic heterocycles. The number of rotatable bonds is 8. The molecule has 0 aliphatic carbocycles. The molecule has 0 fully saturated rings. The Labute approximate surface area is 201 Å². The maximum absolute atomic E-state index is 13.5. The molecule has 0 saturated carbocycles. The van der Waals surface area contributed by atoms with Crippen LogP contribution in [0.2, 0.25) is 0 Å². The lowest BCUT2D eigenvalue weighted by Gasteiger charge is -2.21. The van der Waals surface area contributed by atoms with Crippen LogP contribution >= 0.6 is 0 Å². The van der Waals surface area contributed by atoms with E-state index in [0.717, 1.165) is 27.8 Å². The van der Waals surface area contributed by atoms with Crippen molar-refractivity contribution in [3.05, 3.63) is 101 Å². The van der Waals surface area contributed by atoms with Crippen LogP contribution in [0.15, 0.2) is 83.9 Å². The van der Waals surface area contributed by atoms with Crippen LogP contribution in [0.3, 0.4) is 0 Å². The summed E-state index contributed by atoms with van der Waals surface area (Å²) in [6, 6.07) is 23.1. The van der Waals surface area contributed by atoms with Gasteiger partial charge in [0.15, 0.2) is 9.84 Å². The Morgan fingerprint density at radius 2 is 1.65 bits per heavy atom. The number of aryl methyl sites for hydroxylation is 2. The second kappa shape index (κ2) is 9.85. The average molecular weight is 475 g/mol. The number of hydrogen-bond acceptors (Lipinski definition) is 3. The number of nitrogens with zero attached hydrogens (tertiary/aromatic N) is 2. The first kappa shape index (κ1) is 23.8. The molecule has 5 nitrogen and oxygen atoms in total. The molecule has 1 amide bonds. The summed E-state index contributed by atoms with van der Waals surface area (Å²) in [6.45, 7) is 7.02. The van der Waals surface area contributed by atoms with Crippen LogP contribution in [0, 0.1) is 13.8 Å². The van der Waals surface area contributed by atoms with Gasteiger partial charge in [0.05, 0.1) is 10.6 Å². The van der Waals surface area contributed by atoms with Gasteiger partial charge in [-0.3, -0.25) is 4.79 Å². The van der Waals surface area contributed by atoms with E-state index in [1.165, 1.54) is 0 Å². The summed E-state index contributed by atoms with van der Waals surface area (Å²) in [6.07, 6.45) is 1.62. The summed E-state index contributed by atoms with van der Waals surface area (Å²) >= 11 is 0. The quantitative estimate of drug-likeness (QED) is 0.349. The van der Waals surface area contributed by atoms with Crippen molar-refractivity contribution < 1.29 is 13.2 Å². The minimum Gasteiger partial charge on any atom is -0.337 e. The zero-order valence-electron chi connectivity index (χ0n) is 19.9. The van der Waals surface area contributed by atoms with Gasteiger partial charge in [-0.2, -0.15) is 0 Å². The van der Waals surface area contributed by atoms with E-state index < -0.39 is 9.84 Å². The zero-order valence-corrected chi connectivity index (χ0v) is 20.7. The second-order valence-corrected chi connectivity index (χ2v) is 10.7. The third kappa shape index (κ3) is 5.07. The molecule has 0 unspecified atom stereocenters. The van der Waals surface area contributed by atoms with Crippen LogP contribution in [0.25, 0.3) is 10.9 Å². The van der Waals surface area contributed by atoms with Crippen LogP contribution in [0.4, 0.5) is 0 Å². The molecule has 0 N–H and O–H groups in total. The van der Waals surface area contributed by atoms with Crippen molar-refractivity contribution in [2.45, 2.75) is 44.5 Å². The third-order valence-electron chi connectivity index (χ3n) is 6.19. The van der Waals surface area contributed by atoms with Crippen molar-refractivity contribution in [3.8, 4) is 0 Å². The first-order valence-electron chi connectivity index (χ1n) is 11.5. The SMILES string of the molecule is CCN(Cc1ccccc1)C(=O)Cn1cc(S(=O)(=O)Cc2cc(C)ccc2C)c2ccccc21. The second-order valence-electron chi connectivity index (χ2n) is 8.72. The van der Waals surface area contributed by atoms with Crippen LogP contribution in [-0.2, 0) is 33.5 Å². The molecular formula is C28H30N2O3S. The number of fused-ring (bicyclic) bond motifs is 1. The maximum Gasteiger partial charge on any atom is 0.242 e. The molecule has 176 valence electrons. The van der Waals surface area contributed by atoms with Crippen LogP contribution < -0.4 is 0 Å². The Morgan fingerprint density at radius 3 is 2.38 bits per heavy atom. The fourth-order valence-corrected chi connectivity index (χ4v) is 5.93. The van der Waals surface area contributed by atoms with Gasteiger partial charge >= 0.3 is 0 Å². The normalized spacial score (nSPS) is 11.6. The highest BCUT2D eigenvalue weighted by Crippen LogP contribution is 2.29. The van der Waals surface area contributed by atoms with E-state index in [-0.39, 0.29) is 23.1 Å². The van der Waals surface area contributed by atoms with E-state index in [4.69, 9.17) is 0 Å². The Hall–Kier alpha value is -3.38. The van der Waals surface area contributed by atoms with Crippen LogP contribution in [-0.4, -0.2) is 30.3 Å². The van der Waals surface area contributed by atoms with E-state index in [0.29, 0.717) is 18.5 Å². The number of carbonyl (C=O) groups is 1. The number of likely N-dealkylation sites (N-methyl/N-ethyl adjacent to an activating group) is 1. The molecule has 0 spiro atoms. The fourth-order valence-electron chi connectivity index (χ4n) is 4.26. The lowest BCUT2D eigenvalue weighted by Crippen LogP contribution is -2.33. The topological polar surface area (TPSA) is 59.4 Å². The lowest BCUT2D eigenvalue weighted by atomic mass is 10.1. The molecule has 0 saturated heterocycles. The number of benzene rings is 3. The molecular weight excluding hydrogens is 444 g/mol. The van der Waals surface area contributed by atoms with Crippen LogP contribution in [0.5, 0.6) is 0 Å². The van der Waals surface area contributed by atoms with Gasteiger partial charge in [-0.1, -0.05) is 72.3 Å². The van der Waals surface area contributed by atoms with Gasteiger partial charge in [0.25, 0.3) is 0 Å². The summed E-state index contributed by atoms with van der Waals surface area (Å²) in [5.41, 5.74) is 4.58. The smallest absolute Gasteiger partial charge is 0.242 e. The Morgan fingerprint density at radius 1 is 0.941 bits per heavy atom. The highest BCUT2D eigenvalue weighted by atomic mass is 32.2. The predicted molar refractivity (Wildman–Crippen MR) is 136 cm³/mol. The van der Waals surface area contributed by atoms with Crippen LogP contribution in [0.1, 0.15) is 29.2 Å². The number of para-hydroxylation sites is 1. The molecule has 4 rings (SSSR count). The Kier molecular flexibility index (Phi) is 6.89. The molecule has 6 heteroatoms. The highest BCUT2D eigenvalue weighted by molar-refractivity contribution is 7.90. The van der Waals surface area contributed by atoms with Gasteiger partial charge in [0.2, 0.25) is 5.91 Å². The zero-order chi connectivity index (χ0) is 24.3. The van der Waals surface area contributed by atoms with Crippen molar-refractivity contribution in [1.29, 1.82) is 0 Å². The minimum absolute atomic E-state index is 0.0504. The maximum atomic E-state index is 13.5. The molecule has 34 heavy (non-hydrogen) atoms. The third-order valence-corrected chi connectivity index (χ3v) is 7.88. The number of sulfone groups is 1. The highest BCUT2D eigenvalue weighted by Gasteiger charge is 2.24. The molecule has 0 aliphatic rings. The molecule has 0 bridgehead atoms. The summed E-state index contributed by atoms with van der Waals surface area (Å²) in [7, 11) is -3.61. The summed E-state index contributed by atoms with van der Waals surface area (Å²) in [5.74, 6) is -0.122. The van der Waals surface area contributed by atoms with E-state index in [2.05, 4.69) is 0 Å². The molecule has 4 aromatic rings. The Bertz CT molecular complexity index is 1420. The summed E-state index contributed by atoms with van der Waals surface area (Å²) < 4.78 is 28.8. The predicted octanol–water partition coefficient (Wildman–Crippen LogP) is 5.28. The van der Waals surface area contributed by atoms with Gasteiger partial charge in [0.1, 0.15) is 6.54 Å². The number of carbonyl (C=O) groups excluding carboxylic acids is 1. The lowest BCUT2D eigenvalue weighted by molar-refractivity contribution is -0.132. The minimum atomic E-state index is -3.61. The average Bonchev–Trinajstić information content (AvgIpc) is 3.20. The first-order valence-corrected chi connectivity index (χ1v) is 13.1. The van der Waals surface area contributed by atoms with Crippen molar-refractivity contribution in [1.82, 2.24) is 9.47 Å². The molecule has 0 radical (unpaired) electrons. The van der Waals surface area contributed by atoms with E-state index in [9.17, 15) is 13.2 Å². The van der Waals surface area contributed by atoms with Gasteiger partial charge in [-0.15, -0.1) is 0 Å². The van der Waals surface area contributed by atoms with Gasteiger partial charge in [0, 0.05) is 30.2 Å². The first-order chi connectivity index (χ1) is 16.3. The fraction of sp³-hybridized carbons (Fsp3) is 0.250. The summed E-state index contributed by atoms with van der Waals surface area (Å²) in [5, 5.41) is 0.645. The molecule has 1 aromatic heterocycles. The summed E-state index contributed by atoms with van der Waals surface area (Å²) in [4.78, 5) is 15.2. The van der Waals surface area contributed by atoms with Crippen molar-refractivity contribution in [2.75, 3.05) is 6.54 Å². The number of amides is 1. The van der Waals surface area contributed by atoms with E-state index >= 15 is 0 Å². The monoisotopic (exact) mass is 474 g/mol. The van der Waals surface area contributed by atoms with Crippen molar-refractivity contribution in [2.24, 2.45) is 0 Å². The Balaban J connectivity index is 1.65. The largest absolute Gasteiger partial charge is 0.337 e. The molecule has 3 aromatic carbocycles. The standard InChI is InChI=1S/C28H30N2O3S/c1-4-29(17-23-10-6-5-7-11-23)28(31)19-30-18-27(25-12-8-9-13-26(25)30)34(32,33)20-24-16-21(2)14-15-22(24)3/h5-16,18H,4,17,19-20H2,1-3H3. The number of hydrogen-bond donors (Lipinski definition) is 0.